The van der Waals surface area contributed by atoms with Gasteiger partial charge >= 0.3 is 59.5 Å². The third-order valence-corrected chi connectivity index (χ3v) is 12.7. The maximum Gasteiger partial charge on any atom is 1.00 e. The maximum absolute atomic E-state index is 15.6. The van der Waals surface area contributed by atoms with Crippen LogP contribution in [0, 0.1) is 29.1 Å². The molecule has 1 aliphatic heterocycles. The molecule has 1 aromatic carbocycles. The van der Waals surface area contributed by atoms with E-state index in [1.54, 1.807) is 86.9 Å². The van der Waals surface area contributed by atoms with E-state index in [1.807, 2.05) is 0 Å². The molecule has 0 spiro atoms. The molecule has 3 saturated carbocycles. The van der Waals surface area contributed by atoms with Crippen LogP contribution in [-0.4, -0.2) is 106 Å². The van der Waals surface area contributed by atoms with Crippen molar-refractivity contribution in [3.63, 3.8) is 0 Å². The van der Waals surface area contributed by atoms with Crippen molar-refractivity contribution in [3.05, 3.63) is 65.1 Å². The summed E-state index contributed by atoms with van der Waals surface area (Å²) in [5.74, 6) is -5.78. The van der Waals surface area contributed by atoms with E-state index in [-0.39, 0.29) is 59.3 Å². The van der Waals surface area contributed by atoms with Crippen LogP contribution in [0.4, 0.5) is 4.79 Å². The van der Waals surface area contributed by atoms with Crippen LogP contribution in [0.25, 0.3) is 0 Å². The number of carbonyl (C=O) groups excluding carboxylic acids is 6. The van der Waals surface area contributed by atoms with Crippen LogP contribution in [0.2, 0.25) is 0 Å². The number of allylic oxidation sites excluding steroid dienone is 1. The molecule has 1 saturated heterocycles. The van der Waals surface area contributed by atoms with Crippen molar-refractivity contribution in [1.29, 1.82) is 0 Å². The fraction of sp³-hybridized carbons (Fsp3) is 0.622. The first-order chi connectivity index (χ1) is 27.9. The number of hydrogen-bond donors (Lipinski definition) is 3. The van der Waals surface area contributed by atoms with Gasteiger partial charge in [0.1, 0.15) is 23.4 Å². The number of Topliss-reactive ketones (excluding diaryl/α,β-unsaturated/α-hetero) is 1. The SMILES string of the molecule is CC(=O)O[C@@]12CO[C@@H]1C[CH-][C@@]1(C)C(=O)[C@H](OC(=O)C3CC3)C3=C(C)[C@@H](OC(=O)[C@H](O)[C@H](C=C(C)C)NC(=O)OC(C)(C)C)C[C@@](O)([C@@H](OC(=O)c4ccccc4)[C@H]21)C3(C)C.[Na+]. The van der Waals surface area contributed by atoms with Crippen molar-refractivity contribution in [1.82, 2.24) is 5.32 Å². The summed E-state index contributed by atoms with van der Waals surface area (Å²) in [6.07, 6.45) is -4.47. The zero-order chi connectivity index (χ0) is 44.3. The number of alkyl carbamates (subject to hydrolysis) is 1. The number of fused-ring (bicyclic) bond motifs is 5. The predicted octanol–water partition coefficient (Wildman–Crippen LogP) is 1.66. The van der Waals surface area contributed by atoms with E-state index in [9.17, 15) is 34.2 Å². The second-order valence-corrected chi connectivity index (χ2v) is 18.8. The van der Waals surface area contributed by atoms with E-state index in [2.05, 4.69) is 5.32 Å². The average molecular weight is 860 g/mol. The number of benzene rings is 1. The third kappa shape index (κ3) is 9.10. The molecule has 4 aliphatic carbocycles. The molecule has 2 bridgehead atoms. The van der Waals surface area contributed by atoms with Crippen LogP contribution in [0.3, 0.4) is 0 Å². The van der Waals surface area contributed by atoms with Crippen molar-refractivity contribution in [3.8, 4) is 0 Å². The zero-order valence-electron chi connectivity index (χ0n) is 37.0. The fourth-order valence-electron chi connectivity index (χ4n) is 9.51. The van der Waals surface area contributed by atoms with Gasteiger partial charge in [-0.1, -0.05) is 56.0 Å². The number of rotatable bonds is 10. The molecule has 5 aliphatic rings. The van der Waals surface area contributed by atoms with Gasteiger partial charge in [0, 0.05) is 24.7 Å². The molecule has 61 heavy (non-hydrogen) atoms. The van der Waals surface area contributed by atoms with Crippen molar-refractivity contribution >= 4 is 35.8 Å². The fourth-order valence-corrected chi connectivity index (χ4v) is 9.51. The van der Waals surface area contributed by atoms with Crippen molar-refractivity contribution < 1.29 is 97.0 Å². The van der Waals surface area contributed by atoms with Gasteiger partial charge in [0.25, 0.3) is 0 Å². The van der Waals surface area contributed by atoms with Gasteiger partial charge in [-0.05, 0) is 77.7 Å². The number of carbonyl (C=O) groups is 6. The smallest absolute Gasteiger partial charge is 0.456 e. The van der Waals surface area contributed by atoms with Gasteiger partial charge in [0.05, 0.1) is 30.2 Å². The van der Waals surface area contributed by atoms with Crippen LogP contribution in [-0.2, 0) is 47.6 Å². The van der Waals surface area contributed by atoms with E-state index >= 15 is 4.79 Å². The Morgan fingerprint density at radius 3 is 2.18 bits per heavy atom. The number of esters is 4. The Balaban J connectivity index is 0.00000704. The topological polar surface area (TPSA) is 210 Å². The first-order valence-corrected chi connectivity index (χ1v) is 20.5. The zero-order valence-corrected chi connectivity index (χ0v) is 39.0. The van der Waals surface area contributed by atoms with Gasteiger partial charge in [-0.15, -0.1) is 6.42 Å². The Morgan fingerprint density at radius 2 is 1.64 bits per heavy atom. The molecule has 16 heteroatoms. The van der Waals surface area contributed by atoms with Crippen molar-refractivity contribution in [2.24, 2.45) is 22.7 Å². The summed E-state index contributed by atoms with van der Waals surface area (Å²) in [5, 5.41) is 27.7. The molecule has 1 amide bonds. The quantitative estimate of drug-likeness (QED) is 0.101. The van der Waals surface area contributed by atoms with Gasteiger partial charge < -0.3 is 50.4 Å². The summed E-state index contributed by atoms with van der Waals surface area (Å²) in [4.78, 5) is 83.3. The van der Waals surface area contributed by atoms with Gasteiger partial charge in [0.15, 0.2) is 23.6 Å². The molecule has 10 atom stereocenters. The maximum atomic E-state index is 15.6. The number of aliphatic hydroxyl groups excluding tert-OH is 1. The second kappa shape index (κ2) is 17.5. The van der Waals surface area contributed by atoms with Crippen LogP contribution in [0.15, 0.2) is 53.1 Å². The number of ether oxygens (including phenoxy) is 6. The largest absolute Gasteiger partial charge is 1.00 e. The standard InChI is InChI=1S/C45H58NO14.Na/c1-23(2)20-28(46-40(53)60-41(5,6)7)32(48)39(52)56-29-21-45(54)36(58-38(51)26-14-12-11-13-15-26)34-43(10,19-18-30-44(34,22-55-30)59-25(4)47)35(49)33(57-37(50)27-16-17-27)31(24(29)3)42(45,8)9;/h11-15,19-20,27-30,32-34,36,48,54H,16-18,21-22H2,1-10H3,(H,46,53);/q-1;+1/t28-,29-,30+,32+,33+,34-,36-,43+,44-,45+;/m0./s1. The Bertz CT molecular complexity index is 1980. The second-order valence-electron chi connectivity index (χ2n) is 18.8. The number of nitrogens with one attached hydrogen (secondary N) is 1. The number of ketones is 1. The average Bonchev–Trinajstić information content (AvgIpc) is 3.99. The molecular formula is C45H58NNaO14. The van der Waals surface area contributed by atoms with E-state index in [0.717, 1.165) is 0 Å². The third-order valence-electron chi connectivity index (χ3n) is 12.7. The van der Waals surface area contributed by atoms with Crippen molar-refractivity contribution in [2.45, 2.75) is 148 Å². The van der Waals surface area contributed by atoms with Crippen LogP contribution >= 0.6 is 0 Å². The molecule has 3 N–H and O–H groups in total. The minimum Gasteiger partial charge on any atom is -0.456 e. The first-order valence-electron chi connectivity index (χ1n) is 20.5. The monoisotopic (exact) mass is 859 g/mol. The Labute approximate surface area is 378 Å². The van der Waals surface area contributed by atoms with Crippen molar-refractivity contribution in [2.75, 3.05) is 6.61 Å². The Hall–Kier alpha value is -3.60. The number of hydrogen-bond acceptors (Lipinski definition) is 14. The summed E-state index contributed by atoms with van der Waals surface area (Å²) in [5.41, 5.74) is -6.87. The molecular weight excluding hydrogens is 801 g/mol. The summed E-state index contributed by atoms with van der Waals surface area (Å²) < 4.78 is 36.1. The normalized spacial score (nSPS) is 32.3. The molecule has 1 aromatic rings. The van der Waals surface area contributed by atoms with Crippen LogP contribution in [0.5, 0.6) is 0 Å². The van der Waals surface area contributed by atoms with Gasteiger partial charge in [0.2, 0.25) is 0 Å². The van der Waals surface area contributed by atoms with E-state index < -0.39 is 118 Å². The molecule has 0 unspecified atom stereocenters. The minimum atomic E-state index is -2.27. The summed E-state index contributed by atoms with van der Waals surface area (Å²) >= 11 is 0. The van der Waals surface area contributed by atoms with E-state index in [4.69, 9.17) is 28.4 Å². The Morgan fingerprint density at radius 1 is 1.00 bits per heavy atom. The van der Waals surface area contributed by atoms with Gasteiger partial charge in [-0.25, -0.2) is 14.4 Å². The summed E-state index contributed by atoms with van der Waals surface area (Å²) in [6, 6.07) is 6.72. The van der Waals surface area contributed by atoms with Gasteiger partial charge in [-0.3, -0.25) is 14.4 Å². The molecule has 0 radical (unpaired) electrons. The minimum absolute atomic E-state index is 0. The summed E-state index contributed by atoms with van der Waals surface area (Å²) in [6.45, 7) is 15.8. The number of aliphatic hydroxyl groups is 2. The van der Waals surface area contributed by atoms with Crippen LogP contribution in [0.1, 0.15) is 105 Å². The van der Waals surface area contributed by atoms with Gasteiger partial charge in [-0.2, -0.15) is 0 Å². The molecule has 1 heterocycles. The predicted molar refractivity (Wildman–Crippen MR) is 213 cm³/mol. The molecule has 0 aromatic heterocycles. The molecule has 6 rings (SSSR count). The van der Waals surface area contributed by atoms with E-state index in [0.29, 0.717) is 18.4 Å². The number of amides is 1. The molecule has 4 fully saturated rings. The molecule has 15 nitrogen and oxygen atoms in total. The first kappa shape index (κ1) is 48.4. The van der Waals surface area contributed by atoms with E-state index in [1.165, 1.54) is 25.1 Å². The molecule has 328 valence electrons. The summed E-state index contributed by atoms with van der Waals surface area (Å²) in [7, 11) is 0. The van der Waals surface area contributed by atoms with Crippen LogP contribution < -0.4 is 34.9 Å². The Kier molecular flexibility index (Phi) is 13.9.